The van der Waals surface area contributed by atoms with Gasteiger partial charge in [-0.15, -0.1) is 11.3 Å². The number of fused-ring (bicyclic) bond motifs is 1. The predicted molar refractivity (Wildman–Crippen MR) is 112 cm³/mol. The van der Waals surface area contributed by atoms with Crippen LogP contribution in [0.15, 0.2) is 30.3 Å². The molecule has 156 valence electrons. The van der Waals surface area contributed by atoms with Crippen LogP contribution in [0.1, 0.15) is 62.2 Å². The lowest BCUT2D eigenvalue weighted by molar-refractivity contribution is -0.139. The Bertz CT molecular complexity index is 996. The van der Waals surface area contributed by atoms with E-state index in [2.05, 4.69) is 17.8 Å². The number of nitrogens with zero attached hydrogens (tertiary/aromatic N) is 1. The Morgan fingerprint density at radius 2 is 1.70 bits per heavy atom. The molecule has 1 aromatic heterocycles. The Balaban J connectivity index is 1.32. The second-order valence-corrected chi connectivity index (χ2v) is 9.02. The SMILES string of the molecule is CC1CCc2sc(C(=O)NNC(=O)c3ccc(CN4C(=O)CCC4=O)cc3)cc2C1. The highest BCUT2D eigenvalue weighted by Gasteiger charge is 2.28. The number of aryl methyl sites for hydroxylation is 1. The van der Waals surface area contributed by atoms with Gasteiger partial charge in [0, 0.05) is 23.3 Å². The van der Waals surface area contributed by atoms with Crippen LogP contribution in [-0.2, 0) is 29.0 Å². The number of rotatable bonds is 4. The molecule has 0 radical (unpaired) electrons. The van der Waals surface area contributed by atoms with E-state index >= 15 is 0 Å². The summed E-state index contributed by atoms with van der Waals surface area (Å²) in [6.45, 7) is 2.42. The van der Waals surface area contributed by atoms with Gasteiger partial charge >= 0.3 is 0 Å². The molecule has 4 rings (SSSR count). The summed E-state index contributed by atoms with van der Waals surface area (Å²) in [6.07, 6.45) is 3.64. The van der Waals surface area contributed by atoms with Crippen molar-refractivity contribution in [2.75, 3.05) is 0 Å². The number of hydrogen-bond acceptors (Lipinski definition) is 5. The third kappa shape index (κ3) is 4.28. The number of hydrogen-bond donors (Lipinski definition) is 2. The normalized spacial score (nSPS) is 18.3. The van der Waals surface area contributed by atoms with E-state index in [4.69, 9.17) is 0 Å². The van der Waals surface area contributed by atoms with Crippen LogP contribution in [0, 0.1) is 5.92 Å². The monoisotopic (exact) mass is 425 g/mol. The highest BCUT2D eigenvalue weighted by atomic mass is 32.1. The van der Waals surface area contributed by atoms with Crippen LogP contribution in [0.25, 0.3) is 0 Å². The van der Waals surface area contributed by atoms with Crippen molar-refractivity contribution in [3.05, 3.63) is 56.8 Å². The first kappa shape index (κ1) is 20.3. The topological polar surface area (TPSA) is 95.6 Å². The summed E-state index contributed by atoms with van der Waals surface area (Å²) in [7, 11) is 0. The lowest BCUT2D eigenvalue weighted by Gasteiger charge is -2.16. The molecule has 1 atom stereocenters. The number of likely N-dealkylation sites (tertiary alicyclic amines) is 1. The summed E-state index contributed by atoms with van der Waals surface area (Å²) in [5.74, 6) is -0.466. The zero-order chi connectivity index (χ0) is 21.3. The average molecular weight is 426 g/mol. The number of hydrazine groups is 1. The van der Waals surface area contributed by atoms with E-state index in [1.165, 1.54) is 26.7 Å². The van der Waals surface area contributed by atoms with E-state index < -0.39 is 5.91 Å². The molecule has 2 aliphatic rings. The zero-order valence-electron chi connectivity index (χ0n) is 16.7. The van der Waals surface area contributed by atoms with Crippen molar-refractivity contribution in [2.45, 2.75) is 45.6 Å². The standard InChI is InChI=1S/C22H23N3O4S/c1-13-2-7-17-16(10-13)11-18(30-17)22(29)24-23-21(28)15-5-3-14(4-6-15)12-25-19(26)8-9-20(25)27/h3-6,11,13H,2,7-10,12H2,1H3,(H,23,28)(H,24,29). The maximum absolute atomic E-state index is 12.4. The first-order valence-corrected chi connectivity index (χ1v) is 10.9. The van der Waals surface area contributed by atoms with Crippen LogP contribution in [0.4, 0.5) is 0 Å². The van der Waals surface area contributed by atoms with Gasteiger partial charge in [0.25, 0.3) is 11.8 Å². The molecule has 0 saturated carbocycles. The molecule has 30 heavy (non-hydrogen) atoms. The van der Waals surface area contributed by atoms with Gasteiger partial charge in [-0.05, 0) is 54.5 Å². The maximum Gasteiger partial charge on any atom is 0.279 e. The fourth-order valence-electron chi connectivity index (χ4n) is 3.81. The van der Waals surface area contributed by atoms with Crippen molar-refractivity contribution >= 4 is 35.0 Å². The molecule has 0 bridgehead atoms. The minimum atomic E-state index is -0.432. The highest BCUT2D eigenvalue weighted by Crippen LogP contribution is 2.32. The molecule has 0 spiro atoms. The van der Waals surface area contributed by atoms with Gasteiger partial charge in [0.05, 0.1) is 11.4 Å². The molecule has 8 heteroatoms. The number of nitrogens with one attached hydrogen (secondary N) is 2. The van der Waals surface area contributed by atoms with E-state index in [1.54, 1.807) is 24.3 Å². The molecule has 1 aromatic carbocycles. The summed E-state index contributed by atoms with van der Waals surface area (Å²) in [5.41, 5.74) is 7.29. The van der Waals surface area contributed by atoms with Crippen LogP contribution in [-0.4, -0.2) is 28.5 Å². The fourth-order valence-corrected chi connectivity index (χ4v) is 4.91. The van der Waals surface area contributed by atoms with Crippen LogP contribution in [0.3, 0.4) is 0 Å². The van der Waals surface area contributed by atoms with Gasteiger partial charge in [0.15, 0.2) is 0 Å². The van der Waals surface area contributed by atoms with E-state index in [1.807, 2.05) is 6.07 Å². The number of thiophene rings is 1. The molecule has 1 unspecified atom stereocenters. The van der Waals surface area contributed by atoms with Gasteiger partial charge in [-0.3, -0.25) is 34.9 Å². The first-order valence-electron chi connectivity index (χ1n) is 10.0. The van der Waals surface area contributed by atoms with Crippen molar-refractivity contribution in [3.8, 4) is 0 Å². The second kappa shape index (κ2) is 8.39. The van der Waals surface area contributed by atoms with Gasteiger partial charge in [-0.2, -0.15) is 0 Å². The maximum atomic E-state index is 12.4. The molecule has 7 nitrogen and oxygen atoms in total. The Labute approximate surface area is 178 Å². The molecular weight excluding hydrogens is 402 g/mol. The van der Waals surface area contributed by atoms with Crippen molar-refractivity contribution in [2.24, 2.45) is 5.92 Å². The van der Waals surface area contributed by atoms with Crippen LogP contribution >= 0.6 is 11.3 Å². The summed E-state index contributed by atoms with van der Waals surface area (Å²) < 4.78 is 0. The molecule has 1 aliphatic heterocycles. The molecular formula is C22H23N3O4S. The zero-order valence-corrected chi connectivity index (χ0v) is 17.5. The van der Waals surface area contributed by atoms with Gasteiger partial charge < -0.3 is 0 Å². The lowest BCUT2D eigenvalue weighted by Crippen LogP contribution is -2.41. The third-order valence-electron chi connectivity index (χ3n) is 5.55. The van der Waals surface area contributed by atoms with E-state index in [-0.39, 0.29) is 37.1 Å². The summed E-state index contributed by atoms with van der Waals surface area (Å²) >= 11 is 1.49. The molecule has 1 aliphatic carbocycles. The number of benzene rings is 1. The fraction of sp³-hybridized carbons (Fsp3) is 0.364. The average Bonchev–Trinajstić information content (AvgIpc) is 3.30. The highest BCUT2D eigenvalue weighted by molar-refractivity contribution is 7.14. The molecule has 2 aromatic rings. The third-order valence-corrected chi connectivity index (χ3v) is 6.79. The smallest absolute Gasteiger partial charge is 0.278 e. The largest absolute Gasteiger partial charge is 0.279 e. The summed E-state index contributed by atoms with van der Waals surface area (Å²) in [6, 6.07) is 8.53. The predicted octanol–water partition coefficient (Wildman–Crippen LogP) is 2.60. The van der Waals surface area contributed by atoms with Crippen molar-refractivity contribution < 1.29 is 19.2 Å². The van der Waals surface area contributed by atoms with Gasteiger partial charge in [-0.1, -0.05) is 19.1 Å². The number of amides is 4. The quantitative estimate of drug-likeness (QED) is 0.581. The van der Waals surface area contributed by atoms with E-state index in [0.717, 1.165) is 24.8 Å². The first-order chi connectivity index (χ1) is 14.4. The Morgan fingerprint density at radius 3 is 2.40 bits per heavy atom. The van der Waals surface area contributed by atoms with Crippen molar-refractivity contribution in [1.29, 1.82) is 0 Å². The number of carbonyl (C=O) groups excluding carboxylic acids is 4. The van der Waals surface area contributed by atoms with E-state index in [9.17, 15) is 19.2 Å². The molecule has 4 amide bonds. The summed E-state index contributed by atoms with van der Waals surface area (Å²) in [5, 5.41) is 0. The summed E-state index contributed by atoms with van der Waals surface area (Å²) in [4.78, 5) is 51.3. The Kier molecular flexibility index (Phi) is 5.67. The molecule has 2 N–H and O–H groups in total. The molecule has 2 heterocycles. The molecule has 1 saturated heterocycles. The minimum Gasteiger partial charge on any atom is -0.278 e. The van der Waals surface area contributed by atoms with Gasteiger partial charge in [0.2, 0.25) is 11.8 Å². The Hall–Kier alpha value is -3.00. The van der Waals surface area contributed by atoms with Crippen molar-refractivity contribution in [1.82, 2.24) is 15.8 Å². The van der Waals surface area contributed by atoms with Crippen LogP contribution in [0.5, 0.6) is 0 Å². The Morgan fingerprint density at radius 1 is 1.03 bits per heavy atom. The lowest BCUT2D eigenvalue weighted by atomic mass is 9.90. The van der Waals surface area contributed by atoms with Crippen LogP contribution in [0.2, 0.25) is 0 Å². The second-order valence-electron chi connectivity index (χ2n) is 7.89. The minimum absolute atomic E-state index is 0.172. The van der Waals surface area contributed by atoms with Gasteiger partial charge in [-0.25, -0.2) is 0 Å². The molecule has 1 fully saturated rings. The van der Waals surface area contributed by atoms with Crippen molar-refractivity contribution in [3.63, 3.8) is 0 Å². The van der Waals surface area contributed by atoms with E-state index in [0.29, 0.717) is 16.4 Å². The van der Waals surface area contributed by atoms with Crippen LogP contribution < -0.4 is 10.9 Å². The number of carbonyl (C=O) groups is 4. The number of imide groups is 1. The van der Waals surface area contributed by atoms with Gasteiger partial charge in [0.1, 0.15) is 0 Å².